The lowest BCUT2D eigenvalue weighted by Gasteiger charge is -2.52. The summed E-state index contributed by atoms with van der Waals surface area (Å²) in [4.78, 5) is 12.0. The van der Waals surface area contributed by atoms with Crippen LogP contribution < -0.4 is 30.1 Å². The molecule has 21 heteroatoms. The van der Waals surface area contributed by atoms with E-state index in [0.717, 1.165) is 0 Å². The van der Waals surface area contributed by atoms with Crippen molar-refractivity contribution in [2.24, 2.45) is 0 Å². The van der Waals surface area contributed by atoms with E-state index in [9.17, 15) is 0 Å². The summed E-state index contributed by atoms with van der Waals surface area (Å²) < 4.78 is 20.9. The van der Waals surface area contributed by atoms with Crippen molar-refractivity contribution >= 4 is 47.5 Å². The summed E-state index contributed by atoms with van der Waals surface area (Å²) in [5.74, 6) is 0. The second-order valence-electron chi connectivity index (χ2n) is 12.2. The van der Waals surface area contributed by atoms with Crippen LogP contribution in [0.25, 0.3) is 0 Å². The average molecular weight is 603 g/mol. The van der Waals surface area contributed by atoms with Crippen molar-refractivity contribution in [2.45, 2.75) is 0 Å². The fourth-order valence-corrected chi connectivity index (χ4v) is 17.4. The topological polar surface area (TPSA) is 101 Å². The fraction of sp³-hybridized carbons (Fsp3) is 1.00. The van der Waals surface area contributed by atoms with Crippen LogP contribution in [0.3, 0.4) is 0 Å². The Hall–Kier alpha value is 0.245. The Morgan fingerprint density at radius 3 is 0.538 bits per heavy atom. The summed E-state index contributed by atoms with van der Waals surface area (Å²) in [6, 6.07) is 0. The molecule has 1 aliphatic rings. The smallest absolute Gasteiger partial charge is 0.343 e. The van der Waals surface area contributed by atoms with Gasteiger partial charge in [0.05, 0.1) is 0 Å². The molecule has 39 heavy (non-hydrogen) atoms. The summed E-state index contributed by atoms with van der Waals surface area (Å²) in [5.41, 5.74) is 0. The van der Waals surface area contributed by atoms with Gasteiger partial charge in [0, 0.05) is 0 Å². The van der Waals surface area contributed by atoms with Gasteiger partial charge >= 0.3 is 47.5 Å². The molecule has 1 rings (SSSR count). The fourth-order valence-electron chi connectivity index (χ4n) is 6.24. The highest BCUT2D eigenvalue weighted by molar-refractivity contribution is 6.95. The van der Waals surface area contributed by atoms with Crippen LogP contribution in [0.5, 0.6) is 0 Å². The molecule has 0 amide bonds. The average Bonchev–Trinajstić information content (AvgIpc) is 2.77. The van der Waals surface area contributed by atoms with Crippen molar-refractivity contribution in [3.05, 3.63) is 0 Å². The lowest BCUT2D eigenvalue weighted by Crippen LogP contribution is -2.96. The van der Waals surface area contributed by atoms with Gasteiger partial charge in [-0.2, -0.15) is 0 Å². The molecule has 1 heterocycles. The molecule has 6 N–H and O–H groups in total. The molecular formula is C18H60B3N15Si3. The standard InChI is InChI=1S/C18H60B3N15Si3/c1-28(2)37(29(3)4,30(5)6)25-19-22-20(26-38(31(7)8,32(9)10)33(11)12)24-21(23-19)27-39(34(13)14,35(15)16)36(17)18/h22-27H,1-18H3. The van der Waals surface area contributed by atoms with Crippen molar-refractivity contribution < 1.29 is 0 Å². The molecule has 0 spiro atoms. The first-order valence-corrected chi connectivity index (χ1v) is 18.9. The van der Waals surface area contributed by atoms with Crippen LogP contribution in [0.15, 0.2) is 0 Å². The summed E-state index contributed by atoms with van der Waals surface area (Å²) in [5, 5.41) is 11.4. The van der Waals surface area contributed by atoms with Gasteiger partial charge in [-0.1, -0.05) is 0 Å². The van der Waals surface area contributed by atoms with Crippen molar-refractivity contribution in [1.82, 2.24) is 71.2 Å². The van der Waals surface area contributed by atoms with E-state index in [0.29, 0.717) is 0 Å². The van der Waals surface area contributed by atoms with Gasteiger partial charge in [0.15, 0.2) is 0 Å². The molecule has 0 aromatic rings. The Balaban J connectivity index is 3.60. The van der Waals surface area contributed by atoms with Gasteiger partial charge in [0.2, 0.25) is 0 Å². The second-order valence-corrected chi connectivity index (χ2v) is 24.9. The Morgan fingerprint density at radius 2 is 0.436 bits per heavy atom. The molecular weight excluding hydrogens is 543 g/mol. The molecule has 1 aliphatic heterocycles. The third kappa shape index (κ3) is 7.61. The van der Waals surface area contributed by atoms with Crippen molar-refractivity contribution in [2.75, 3.05) is 127 Å². The van der Waals surface area contributed by atoms with Crippen LogP contribution in [-0.2, 0) is 0 Å². The van der Waals surface area contributed by atoms with E-state index in [1.807, 2.05) is 0 Å². The molecule has 15 nitrogen and oxygen atoms in total. The number of rotatable bonds is 15. The molecule has 0 atom stereocenters. The first kappa shape index (κ1) is 37.3. The van der Waals surface area contributed by atoms with Crippen LogP contribution in [-0.4, -0.2) is 215 Å². The monoisotopic (exact) mass is 603 g/mol. The Morgan fingerprint density at radius 1 is 0.308 bits per heavy atom. The Bertz CT molecular complexity index is 581. The molecule has 0 radical (unpaired) electrons. The number of hydrogen-bond acceptors (Lipinski definition) is 15. The molecule has 0 aliphatic carbocycles. The molecule has 228 valence electrons. The first-order chi connectivity index (χ1) is 17.7. The maximum absolute atomic E-state index is 4.00. The van der Waals surface area contributed by atoms with Gasteiger partial charge in [-0.05, 0) is 127 Å². The third-order valence-electron chi connectivity index (χ3n) is 7.63. The van der Waals surface area contributed by atoms with Crippen LogP contribution in [0, 0.1) is 0 Å². The number of nitrogens with one attached hydrogen (secondary N) is 6. The van der Waals surface area contributed by atoms with Gasteiger partial charge in [0.1, 0.15) is 0 Å². The SMILES string of the molecule is CN(C)[Si](NB1NB(N[Si](N(C)C)(N(C)C)N(C)C)NB(N[Si](N(C)C)(N(C)C)N(C)C)N1)(N(C)C)N(C)C. The van der Waals surface area contributed by atoms with Gasteiger partial charge in [-0.15, -0.1) is 0 Å². The van der Waals surface area contributed by atoms with Crippen LogP contribution in [0.4, 0.5) is 0 Å². The Kier molecular flexibility index (Phi) is 14.0. The Labute approximate surface area is 245 Å². The molecule has 0 unspecified atom stereocenters. The quantitative estimate of drug-likeness (QED) is 0.101. The zero-order valence-corrected chi connectivity index (χ0v) is 31.3. The van der Waals surface area contributed by atoms with E-state index >= 15 is 0 Å². The molecule has 0 saturated carbocycles. The summed E-state index contributed by atoms with van der Waals surface area (Å²) >= 11 is 0. The molecule has 0 bridgehead atoms. The summed E-state index contributed by atoms with van der Waals surface area (Å²) in [6.07, 6.45) is 0. The van der Waals surface area contributed by atoms with Gasteiger partial charge in [-0.3, -0.25) is 41.1 Å². The minimum Gasteiger partial charge on any atom is -0.343 e. The third-order valence-corrected chi connectivity index (χ3v) is 20.9. The predicted octanol–water partition coefficient (Wildman–Crippen LogP) is -5.15. The van der Waals surface area contributed by atoms with Crippen LogP contribution >= 0.6 is 0 Å². The highest BCUT2D eigenvalue weighted by Gasteiger charge is 2.54. The maximum Gasteiger partial charge on any atom is 0.372 e. The van der Waals surface area contributed by atoms with Gasteiger partial charge in [-0.25, -0.2) is 0 Å². The van der Waals surface area contributed by atoms with E-state index in [-0.39, 0.29) is 21.4 Å². The summed E-state index contributed by atoms with van der Waals surface area (Å²) in [6.45, 7) is 0. The summed E-state index contributed by atoms with van der Waals surface area (Å²) in [7, 11) is 30.8. The number of hydrogen-bond donors (Lipinski definition) is 6. The van der Waals surface area contributed by atoms with Crippen molar-refractivity contribution in [3.8, 4) is 0 Å². The van der Waals surface area contributed by atoms with Crippen molar-refractivity contribution in [3.63, 3.8) is 0 Å². The van der Waals surface area contributed by atoms with E-state index in [1.54, 1.807) is 0 Å². The van der Waals surface area contributed by atoms with E-state index in [1.165, 1.54) is 0 Å². The van der Waals surface area contributed by atoms with E-state index in [2.05, 4.69) is 198 Å². The molecule has 1 fully saturated rings. The second kappa shape index (κ2) is 14.6. The predicted molar refractivity (Wildman–Crippen MR) is 177 cm³/mol. The number of nitrogens with zero attached hydrogens (tertiary/aromatic N) is 9. The van der Waals surface area contributed by atoms with Crippen LogP contribution in [0.1, 0.15) is 0 Å². The minimum absolute atomic E-state index is 0.198. The lowest BCUT2D eigenvalue weighted by molar-refractivity contribution is 0.367. The molecule has 0 aromatic carbocycles. The normalized spacial score (nSPS) is 16.8. The van der Waals surface area contributed by atoms with E-state index < -0.39 is 26.2 Å². The zero-order valence-electron chi connectivity index (χ0n) is 28.3. The highest BCUT2D eigenvalue weighted by Crippen LogP contribution is 2.13. The largest absolute Gasteiger partial charge is 0.372 e. The van der Waals surface area contributed by atoms with Crippen molar-refractivity contribution in [1.29, 1.82) is 0 Å². The molecule has 0 aromatic heterocycles. The molecule has 1 saturated heterocycles. The van der Waals surface area contributed by atoms with Gasteiger partial charge < -0.3 is 30.1 Å². The highest BCUT2D eigenvalue weighted by atomic mass is 28.4. The van der Waals surface area contributed by atoms with Crippen LogP contribution in [0.2, 0.25) is 0 Å². The maximum atomic E-state index is 4.00. The lowest BCUT2D eigenvalue weighted by atomic mass is 9.66. The first-order valence-electron chi connectivity index (χ1n) is 13.4. The van der Waals surface area contributed by atoms with E-state index in [4.69, 9.17) is 0 Å². The minimum atomic E-state index is -2.42. The zero-order chi connectivity index (χ0) is 30.7. The van der Waals surface area contributed by atoms with Gasteiger partial charge in [0.25, 0.3) is 0 Å².